The second-order valence-electron chi connectivity index (χ2n) is 8.33. The fourth-order valence-corrected chi connectivity index (χ4v) is 4.10. The van der Waals surface area contributed by atoms with Crippen molar-refractivity contribution in [2.45, 2.75) is 25.5 Å². The van der Waals surface area contributed by atoms with Gasteiger partial charge in [-0.25, -0.2) is 9.59 Å². The zero-order valence-electron chi connectivity index (χ0n) is 19.8. The van der Waals surface area contributed by atoms with E-state index in [0.29, 0.717) is 35.4 Å². The maximum Gasteiger partial charge on any atom is 0.338 e. The van der Waals surface area contributed by atoms with E-state index in [1.54, 1.807) is 49.6 Å². The van der Waals surface area contributed by atoms with Gasteiger partial charge in [0.2, 0.25) is 0 Å². The lowest BCUT2D eigenvalue weighted by Gasteiger charge is -2.29. The zero-order valence-corrected chi connectivity index (χ0v) is 19.8. The van der Waals surface area contributed by atoms with Gasteiger partial charge in [-0.3, -0.25) is 0 Å². The molecule has 1 heterocycles. The summed E-state index contributed by atoms with van der Waals surface area (Å²) in [7, 11) is 1.60. The van der Waals surface area contributed by atoms with E-state index in [2.05, 4.69) is 16.7 Å². The van der Waals surface area contributed by atoms with Crippen LogP contribution in [0.15, 0.2) is 84.1 Å². The molecule has 0 saturated heterocycles. The minimum Gasteiger partial charge on any atom is -0.497 e. The van der Waals surface area contributed by atoms with Gasteiger partial charge in [-0.15, -0.1) is 0 Å². The van der Waals surface area contributed by atoms with E-state index in [1.807, 2.05) is 30.3 Å². The maximum absolute atomic E-state index is 13.4. The molecular weight excluding hydrogens is 456 g/mol. The Bertz CT molecular complexity index is 1360. The number of carbonyl (C=O) groups is 2. The number of urea groups is 1. The van der Waals surface area contributed by atoms with Crippen molar-refractivity contribution in [1.82, 2.24) is 10.6 Å². The Morgan fingerprint density at radius 1 is 1.03 bits per heavy atom. The van der Waals surface area contributed by atoms with Gasteiger partial charge in [0.15, 0.2) is 0 Å². The standard InChI is InChI=1S/C28H26N4O4/c1-35-23-10-4-5-18(15-23)11-12-24-25(27(33)36-17-20-7-3-9-22(30)14-20)26(32-28(34)31-24)21-8-2-6-19(13-21)16-29/h2-10,13-15,26H,11-12,17,30H2,1H3,(H2,31,32,34). The van der Waals surface area contributed by atoms with Gasteiger partial charge in [0.1, 0.15) is 12.4 Å². The molecule has 0 aliphatic carbocycles. The maximum atomic E-state index is 13.4. The number of nitrogens with one attached hydrogen (secondary N) is 2. The van der Waals surface area contributed by atoms with E-state index in [9.17, 15) is 14.9 Å². The topological polar surface area (TPSA) is 126 Å². The van der Waals surface area contributed by atoms with Crippen LogP contribution in [0.5, 0.6) is 5.75 Å². The quantitative estimate of drug-likeness (QED) is 0.327. The van der Waals surface area contributed by atoms with Crippen molar-refractivity contribution < 1.29 is 19.1 Å². The fourth-order valence-electron chi connectivity index (χ4n) is 4.10. The van der Waals surface area contributed by atoms with Crippen molar-refractivity contribution in [1.29, 1.82) is 5.26 Å². The summed E-state index contributed by atoms with van der Waals surface area (Å²) in [5, 5.41) is 15.0. The van der Waals surface area contributed by atoms with E-state index in [4.69, 9.17) is 15.2 Å². The van der Waals surface area contributed by atoms with Crippen LogP contribution in [0.4, 0.5) is 10.5 Å². The van der Waals surface area contributed by atoms with Gasteiger partial charge in [0, 0.05) is 11.4 Å². The Labute approximate surface area is 209 Å². The van der Waals surface area contributed by atoms with Crippen molar-refractivity contribution in [3.8, 4) is 11.8 Å². The molecule has 0 spiro atoms. The predicted octanol–water partition coefficient (Wildman–Crippen LogP) is 4.13. The third-order valence-corrected chi connectivity index (χ3v) is 5.84. The van der Waals surface area contributed by atoms with E-state index < -0.39 is 18.0 Å². The van der Waals surface area contributed by atoms with Gasteiger partial charge in [-0.1, -0.05) is 36.4 Å². The number of carbonyl (C=O) groups excluding carboxylic acids is 2. The first-order valence-corrected chi connectivity index (χ1v) is 11.4. The highest BCUT2D eigenvalue weighted by molar-refractivity contribution is 5.95. The molecule has 4 rings (SSSR count). The minimum atomic E-state index is -0.777. The molecule has 8 heteroatoms. The number of amides is 2. The summed E-state index contributed by atoms with van der Waals surface area (Å²) in [5.41, 5.74) is 9.94. The molecule has 1 aliphatic rings. The summed E-state index contributed by atoms with van der Waals surface area (Å²) in [5.74, 6) is 0.154. The van der Waals surface area contributed by atoms with Crippen LogP contribution in [-0.4, -0.2) is 19.1 Å². The predicted molar refractivity (Wildman–Crippen MR) is 135 cm³/mol. The van der Waals surface area contributed by atoms with Crippen LogP contribution in [0, 0.1) is 11.3 Å². The number of ether oxygens (including phenoxy) is 2. The SMILES string of the molecule is COc1cccc(CCC2=C(C(=O)OCc3cccc(N)c3)C(c3cccc(C#N)c3)NC(=O)N2)c1. The summed E-state index contributed by atoms with van der Waals surface area (Å²) in [4.78, 5) is 26.0. The highest BCUT2D eigenvalue weighted by Gasteiger charge is 2.33. The van der Waals surface area contributed by atoms with Crippen LogP contribution < -0.4 is 21.1 Å². The smallest absolute Gasteiger partial charge is 0.338 e. The van der Waals surface area contributed by atoms with Gasteiger partial charge in [-0.05, 0) is 65.9 Å². The number of nitrogen functional groups attached to an aromatic ring is 1. The van der Waals surface area contributed by atoms with Crippen molar-refractivity contribution in [2.24, 2.45) is 0 Å². The van der Waals surface area contributed by atoms with Crippen molar-refractivity contribution in [3.63, 3.8) is 0 Å². The highest BCUT2D eigenvalue weighted by atomic mass is 16.5. The number of esters is 1. The van der Waals surface area contributed by atoms with Crippen LogP contribution in [0.1, 0.15) is 34.7 Å². The summed E-state index contributed by atoms with van der Waals surface area (Å²) in [6.07, 6.45) is 0.946. The Kier molecular flexibility index (Phi) is 7.51. The number of methoxy groups -OCH3 is 1. The van der Waals surface area contributed by atoms with Crippen LogP contribution in [-0.2, 0) is 22.6 Å². The van der Waals surface area contributed by atoms with E-state index in [1.165, 1.54) is 0 Å². The van der Waals surface area contributed by atoms with E-state index in [0.717, 1.165) is 16.9 Å². The number of nitrogens with two attached hydrogens (primary N) is 1. The third-order valence-electron chi connectivity index (χ3n) is 5.84. The first kappa shape index (κ1) is 24.4. The van der Waals surface area contributed by atoms with Crippen molar-refractivity contribution in [2.75, 3.05) is 12.8 Å². The monoisotopic (exact) mass is 482 g/mol. The first-order chi connectivity index (χ1) is 17.5. The number of benzene rings is 3. The largest absolute Gasteiger partial charge is 0.497 e. The Morgan fingerprint density at radius 3 is 2.58 bits per heavy atom. The molecule has 1 atom stereocenters. The van der Waals surface area contributed by atoms with Crippen LogP contribution in [0.25, 0.3) is 0 Å². The highest BCUT2D eigenvalue weighted by Crippen LogP contribution is 2.30. The lowest BCUT2D eigenvalue weighted by atomic mass is 9.92. The molecule has 1 unspecified atom stereocenters. The van der Waals surface area contributed by atoms with Crippen LogP contribution in [0.3, 0.4) is 0 Å². The molecule has 0 fully saturated rings. The van der Waals surface area contributed by atoms with Gasteiger partial charge >= 0.3 is 12.0 Å². The Hall–Kier alpha value is -4.77. The number of anilines is 1. The zero-order chi connectivity index (χ0) is 25.5. The average molecular weight is 483 g/mol. The van der Waals surface area contributed by atoms with Crippen molar-refractivity contribution >= 4 is 17.7 Å². The van der Waals surface area contributed by atoms with Crippen LogP contribution >= 0.6 is 0 Å². The lowest BCUT2D eigenvalue weighted by molar-refractivity contribution is -0.140. The van der Waals surface area contributed by atoms with Gasteiger partial charge in [0.05, 0.1) is 30.4 Å². The summed E-state index contributed by atoms with van der Waals surface area (Å²) in [6.45, 7) is 0.0233. The molecule has 182 valence electrons. The molecule has 0 saturated carbocycles. The molecule has 0 aromatic heterocycles. The molecule has 0 bridgehead atoms. The second kappa shape index (κ2) is 11.1. The van der Waals surface area contributed by atoms with Gasteiger partial charge < -0.3 is 25.8 Å². The van der Waals surface area contributed by atoms with E-state index >= 15 is 0 Å². The number of allylic oxidation sites excluding steroid dienone is 1. The lowest BCUT2D eigenvalue weighted by Crippen LogP contribution is -2.46. The number of hydrogen-bond acceptors (Lipinski definition) is 6. The summed E-state index contributed by atoms with van der Waals surface area (Å²) < 4.78 is 11.0. The molecule has 3 aromatic carbocycles. The fraction of sp³-hybridized carbons (Fsp3) is 0.179. The molecule has 36 heavy (non-hydrogen) atoms. The Balaban J connectivity index is 1.67. The number of nitriles is 1. The Morgan fingerprint density at radius 2 is 1.81 bits per heavy atom. The summed E-state index contributed by atoms with van der Waals surface area (Å²) >= 11 is 0. The van der Waals surface area contributed by atoms with Crippen molar-refractivity contribution in [3.05, 3.63) is 106 Å². The molecule has 2 amide bonds. The van der Waals surface area contributed by atoms with Crippen LogP contribution in [0.2, 0.25) is 0 Å². The number of rotatable bonds is 8. The third kappa shape index (κ3) is 5.83. The molecule has 3 aromatic rings. The molecular formula is C28H26N4O4. The summed E-state index contributed by atoms with van der Waals surface area (Å²) in [6, 6.07) is 22.4. The minimum absolute atomic E-state index is 0.0233. The second-order valence-corrected chi connectivity index (χ2v) is 8.33. The van der Waals surface area contributed by atoms with Gasteiger partial charge in [-0.2, -0.15) is 5.26 Å². The molecule has 8 nitrogen and oxygen atoms in total. The molecule has 4 N–H and O–H groups in total. The van der Waals surface area contributed by atoms with E-state index in [-0.39, 0.29) is 12.2 Å². The number of hydrogen-bond donors (Lipinski definition) is 3. The molecule has 0 radical (unpaired) electrons. The normalized spacial score (nSPS) is 14.9. The average Bonchev–Trinajstić information content (AvgIpc) is 2.90. The number of nitrogens with zero attached hydrogens (tertiary/aromatic N) is 1. The van der Waals surface area contributed by atoms with Gasteiger partial charge in [0.25, 0.3) is 0 Å². The molecule has 1 aliphatic heterocycles. The first-order valence-electron chi connectivity index (χ1n) is 11.4. The number of aryl methyl sites for hydroxylation is 1.